The minimum atomic E-state index is -0.919. The molecule has 4 heteroatoms. The summed E-state index contributed by atoms with van der Waals surface area (Å²) in [5.74, 6) is -0.596. The lowest BCUT2D eigenvalue weighted by Crippen LogP contribution is -2.03. The van der Waals surface area contributed by atoms with Crippen molar-refractivity contribution in [3.8, 4) is 0 Å². The maximum absolute atomic E-state index is 10.8. The van der Waals surface area contributed by atoms with Gasteiger partial charge in [-0.2, -0.15) is 0 Å². The third-order valence-electron chi connectivity index (χ3n) is 1.90. The van der Waals surface area contributed by atoms with Gasteiger partial charge in [0.15, 0.2) is 0 Å². The van der Waals surface area contributed by atoms with Gasteiger partial charge in [-0.1, -0.05) is 13.8 Å². The Balaban J connectivity index is 3.18. The zero-order chi connectivity index (χ0) is 10.7. The van der Waals surface area contributed by atoms with Gasteiger partial charge < -0.3 is 5.11 Å². The Bertz CT molecular complexity index is 350. The molecule has 0 aromatic carbocycles. The molecule has 0 atom stereocenters. The largest absolute Gasteiger partial charge is 0.478 e. The molecule has 0 saturated heterocycles. The van der Waals surface area contributed by atoms with Crippen LogP contribution in [0.4, 0.5) is 0 Å². The number of aromatic carboxylic acids is 1. The molecule has 1 aromatic rings. The van der Waals surface area contributed by atoms with E-state index in [2.05, 4.69) is 4.98 Å². The van der Waals surface area contributed by atoms with Crippen molar-refractivity contribution in [2.45, 2.75) is 24.8 Å². The number of hydrogen-bond acceptors (Lipinski definition) is 3. The first kappa shape index (κ1) is 11.0. The highest BCUT2D eigenvalue weighted by Gasteiger charge is 2.12. The fraction of sp³-hybridized carbons (Fsp3) is 0.400. The number of carboxylic acid groups (broad SMARTS) is 1. The van der Waals surface area contributed by atoms with Gasteiger partial charge >= 0.3 is 5.97 Å². The molecular formula is C10H13NO2S. The van der Waals surface area contributed by atoms with Gasteiger partial charge in [-0.05, 0) is 24.3 Å². The predicted molar refractivity (Wildman–Crippen MR) is 57.1 cm³/mol. The molecular weight excluding hydrogens is 198 g/mol. The lowest BCUT2D eigenvalue weighted by atomic mass is 10.1. The van der Waals surface area contributed by atoms with Crippen molar-refractivity contribution in [2.24, 2.45) is 0 Å². The topological polar surface area (TPSA) is 50.2 Å². The lowest BCUT2D eigenvalue weighted by molar-refractivity contribution is 0.0692. The number of hydrogen-bond donors (Lipinski definition) is 1. The molecule has 1 heterocycles. The molecule has 0 unspecified atom stereocenters. The molecule has 1 N–H and O–H groups in total. The van der Waals surface area contributed by atoms with E-state index in [1.165, 1.54) is 11.8 Å². The van der Waals surface area contributed by atoms with E-state index in [1.54, 1.807) is 12.1 Å². The van der Waals surface area contributed by atoms with Crippen LogP contribution in [0.1, 0.15) is 35.8 Å². The zero-order valence-electron chi connectivity index (χ0n) is 8.44. The van der Waals surface area contributed by atoms with Crippen molar-refractivity contribution in [3.05, 3.63) is 23.4 Å². The van der Waals surface area contributed by atoms with Crippen molar-refractivity contribution in [2.75, 3.05) is 6.26 Å². The van der Waals surface area contributed by atoms with Crippen LogP contribution in [0.25, 0.3) is 0 Å². The summed E-state index contributed by atoms with van der Waals surface area (Å²) in [4.78, 5) is 15.1. The van der Waals surface area contributed by atoms with E-state index in [4.69, 9.17) is 5.11 Å². The second-order valence-electron chi connectivity index (χ2n) is 3.25. The Hall–Kier alpha value is -1.03. The van der Waals surface area contributed by atoms with Crippen LogP contribution in [-0.4, -0.2) is 22.3 Å². The summed E-state index contributed by atoms with van der Waals surface area (Å²) in [5, 5.41) is 9.46. The predicted octanol–water partition coefficient (Wildman–Crippen LogP) is 2.63. The lowest BCUT2D eigenvalue weighted by Gasteiger charge is -2.07. The number of pyridine rings is 1. The summed E-state index contributed by atoms with van der Waals surface area (Å²) in [7, 11) is 0. The highest BCUT2D eigenvalue weighted by molar-refractivity contribution is 7.98. The molecule has 14 heavy (non-hydrogen) atoms. The van der Waals surface area contributed by atoms with Crippen LogP contribution >= 0.6 is 11.8 Å². The Morgan fingerprint density at radius 3 is 2.57 bits per heavy atom. The van der Waals surface area contributed by atoms with Crippen molar-refractivity contribution in [1.29, 1.82) is 0 Å². The normalized spacial score (nSPS) is 10.6. The van der Waals surface area contributed by atoms with E-state index in [-0.39, 0.29) is 5.56 Å². The Morgan fingerprint density at radius 1 is 1.50 bits per heavy atom. The summed E-state index contributed by atoms with van der Waals surface area (Å²) in [6.45, 7) is 4.07. The second-order valence-corrected chi connectivity index (χ2v) is 4.05. The van der Waals surface area contributed by atoms with Gasteiger partial charge in [0.1, 0.15) is 5.03 Å². The van der Waals surface area contributed by atoms with E-state index in [0.717, 1.165) is 5.69 Å². The van der Waals surface area contributed by atoms with E-state index < -0.39 is 5.97 Å². The molecule has 1 aromatic heterocycles. The van der Waals surface area contributed by atoms with Crippen LogP contribution in [0.2, 0.25) is 0 Å². The third kappa shape index (κ3) is 2.26. The molecule has 1 rings (SSSR count). The molecule has 0 aliphatic rings. The quantitative estimate of drug-likeness (QED) is 0.781. The average molecular weight is 211 g/mol. The van der Waals surface area contributed by atoms with Gasteiger partial charge in [-0.15, -0.1) is 11.8 Å². The van der Waals surface area contributed by atoms with Gasteiger partial charge in [0.2, 0.25) is 0 Å². The summed E-state index contributed by atoms with van der Waals surface area (Å²) >= 11 is 1.36. The highest BCUT2D eigenvalue weighted by atomic mass is 32.2. The fourth-order valence-electron chi connectivity index (χ4n) is 1.09. The summed E-state index contributed by atoms with van der Waals surface area (Å²) in [6, 6.07) is 3.39. The smallest absolute Gasteiger partial charge is 0.338 e. The first-order valence-electron chi connectivity index (χ1n) is 4.34. The molecule has 76 valence electrons. The maximum Gasteiger partial charge on any atom is 0.338 e. The Labute approximate surface area is 87.6 Å². The second kappa shape index (κ2) is 4.46. The molecule has 0 bridgehead atoms. The van der Waals surface area contributed by atoms with Crippen LogP contribution < -0.4 is 0 Å². The van der Waals surface area contributed by atoms with Crippen LogP contribution in [0.3, 0.4) is 0 Å². The molecule has 0 amide bonds. The summed E-state index contributed by atoms with van der Waals surface area (Å²) in [6.07, 6.45) is 1.83. The van der Waals surface area contributed by atoms with Gasteiger partial charge in [-0.3, -0.25) is 0 Å². The van der Waals surface area contributed by atoms with E-state index in [9.17, 15) is 4.79 Å². The van der Waals surface area contributed by atoms with E-state index in [0.29, 0.717) is 10.9 Å². The monoisotopic (exact) mass is 211 g/mol. The zero-order valence-corrected chi connectivity index (χ0v) is 9.26. The van der Waals surface area contributed by atoms with Gasteiger partial charge in [-0.25, -0.2) is 9.78 Å². The molecule has 0 aliphatic carbocycles. The van der Waals surface area contributed by atoms with E-state index in [1.807, 2.05) is 20.1 Å². The number of rotatable bonds is 3. The first-order chi connectivity index (χ1) is 6.56. The molecule has 0 saturated carbocycles. The number of aromatic nitrogens is 1. The van der Waals surface area contributed by atoms with Crippen molar-refractivity contribution >= 4 is 17.7 Å². The van der Waals surface area contributed by atoms with Crippen LogP contribution in [0, 0.1) is 0 Å². The van der Waals surface area contributed by atoms with Crippen LogP contribution in [0.5, 0.6) is 0 Å². The third-order valence-corrected chi connectivity index (χ3v) is 2.60. The number of nitrogens with zero attached hydrogens (tertiary/aromatic N) is 1. The Kier molecular flexibility index (Phi) is 3.52. The van der Waals surface area contributed by atoms with Crippen LogP contribution in [0.15, 0.2) is 17.2 Å². The highest BCUT2D eigenvalue weighted by Crippen LogP contribution is 2.21. The Morgan fingerprint density at radius 2 is 2.14 bits per heavy atom. The van der Waals surface area contributed by atoms with Gasteiger partial charge in [0.25, 0.3) is 0 Å². The number of thioether (sulfide) groups is 1. The maximum atomic E-state index is 10.8. The molecule has 0 radical (unpaired) electrons. The van der Waals surface area contributed by atoms with Gasteiger partial charge in [0.05, 0.1) is 5.56 Å². The standard InChI is InChI=1S/C10H13NO2S/c1-6(2)8-5-4-7(10(12)13)9(11-8)14-3/h4-6H,1-3H3,(H,12,13). The molecule has 0 aliphatic heterocycles. The molecule has 3 nitrogen and oxygen atoms in total. The average Bonchev–Trinajstić information content (AvgIpc) is 2.16. The fourth-order valence-corrected chi connectivity index (χ4v) is 1.67. The van der Waals surface area contributed by atoms with E-state index >= 15 is 0 Å². The van der Waals surface area contributed by atoms with Crippen LogP contribution in [-0.2, 0) is 0 Å². The minimum Gasteiger partial charge on any atom is -0.478 e. The summed E-state index contributed by atoms with van der Waals surface area (Å²) in [5.41, 5.74) is 1.21. The minimum absolute atomic E-state index is 0.280. The molecule has 0 fully saturated rings. The van der Waals surface area contributed by atoms with Crippen molar-refractivity contribution in [1.82, 2.24) is 4.98 Å². The van der Waals surface area contributed by atoms with Gasteiger partial charge in [0, 0.05) is 5.69 Å². The van der Waals surface area contributed by atoms with Crippen molar-refractivity contribution < 1.29 is 9.90 Å². The first-order valence-corrected chi connectivity index (χ1v) is 5.57. The van der Waals surface area contributed by atoms with Crippen molar-refractivity contribution in [3.63, 3.8) is 0 Å². The number of carbonyl (C=O) groups is 1. The SMILES string of the molecule is CSc1nc(C(C)C)ccc1C(=O)O. The molecule has 0 spiro atoms. The number of carboxylic acids is 1. The summed E-state index contributed by atoms with van der Waals surface area (Å²) < 4.78 is 0.